The summed E-state index contributed by atoms with van der Waals surface area (Å²) in [4.78, 5) is 26.4. The number of carbonyl (C=O) groups excluding carboxylic acids is 1. The second kappa shape index (κ2) is 9.52. The molecule has 32 heavy (non-hydrogen) atoms. The van der Waals surface area contributed by atoms with Gasteiger partial charge in [-0.15, -0.1) is 13.2 Å². The van der Waals surface area contributed by atoms with Crippen LogP contribution in [0.5, 0.6) is 5.75 Å². The molecular formula is C20H18F3N5O4. The number of rotatable bonds is 6. The fourth-order valence-electron chi connectivity index (χ4n) is 3.29. The van der Waals surface area contributed by atoms with Gasteiger partial charge in [0.15, 0.2) is 0 Å². The average Bonchev–Trinajstić information content (AvgIpc) is 2.74. The SMILES string of the molecule is N#Cc1cc([N+](=O)[O-])ccc1N1CCN(CC(=O)Nc2ccc(OC(F)(F)F)cc2)CC1. The summed E-state index contributed by atoms with van der Waals surface area (Å²) in [6.07, 6.45) is -4.78. The van der Waals surface area contributed by atoms with Gasteiger partial charge < -0.3 is 15.0 Å². The maximum atomic E-state index is 12.3. The van der Waals surface area contributed by atoms with Crippen molar-refractivity contribution in [1.82, 2.24) is 4.90 Å². The maximum Gasteiger partial charge on any atom is 0.573 e. The molecule has 3 rings (SSSR count). The van der Waals surface area contributed by atoms with E-state index in [4.69, 9.17) is 0 Å². The molecule has 0 radical (unpaired) electrons. The zero-order valence-electron chi connectivity index (χ0n) is 16.6. The molecule has 0 unspecified atom stereocenters. The van der Waals surface area contributed by atoms with Crippen molar-refractivity contribution >= 4 is 23.0 Å². The largest absolute Gasteiger partial charge is 0.573 e. The Kier molecular flexibility index (Phi) is 6.79. The van der Waals surface area contributed by atoms with Gasteiger partial charge in [-0.05, 0) is 30.3 Å². The van der Waals surface area contributed by atoms with Crippen LogP contribution >= 0.6 is 0 Å². The number of nitro groups is 1. The van der Waals surface area contributed by atoms with Gasteiger partial charge >= 0.3 is 6.36 Å². The normalized spacial score (nSPS) is 14.5. The lowest BCUT2D eigenvalue weighted by atomic mass is 10.1. The first-order valence-electron chi connectivity index (χ1n) is 9.46. The molecule has 0 aliphatic carbocycles. The van der Waals surface area contributed by atoms with Gasteiger partial charge in [-0.3, -0.25) is 19.8 Å². The molecule has 1 N–H and O–H groups in total. The number of amides is 1. The van der Waals surface area contributed by atoms with E-state index in [0.717, 1.165) is 12.1 Å². The molecule has 1 aliphatic heterocycles. The Hall–Kier alpha value is -3.85. The molecule has 0 saturated carbocycles. The molecule has 0 atom stereocenters. The number of hydrogen-bond acceptors (Lipinski definition) is 7. The fourth-order valence-corrected chi connectivity index (χ4v) is 3.29. The maximum absolute atomic E-state index is 12.3. The molecule has 9 nitrogen and oxygen atoms in total. The second-order valence-corrected chi connectivity index (χ2v) is 6.95. The highest BCUT2D eigenvalue weighted by molar-refractivity contribution is 5.92. The lowest BCUT2D eigenvalue weighted by molar-refractivity contribution is -0.384. The number of nitriles is 1. The van der Waals surface area contributed by atoms with Crippen LogP contribution in [0.15, 0.2) is 42.5 Å². The minimum atomic E-state index is -4.78. The van der Waals surface area contributed by atoms with E-state index >= 15 is 0 Å². The molecule has 1 saturated heterocycles. The van der Waals surface area contributed by atoms with Crippen LogP contribution in [0.25, 0.3) is 0 Å². The third-order valence-corrected chi connectivity index (χ3v) is 4.76. The van der Waals surface area contributed by atoms with E-state index in [2.05, 4.69) is 10.1 Å². The number of anilines is 2. The lowest BCUT2D eigenvalue weighted by Gasteiger charge is -2.36. The van der Waals surface area contributed by atoms with E-state index in [-0.39, 0.29) is 29.5 Å². The molecular weight excluding hydrogens is 431 g/mol. The highest BCUT2D eigenvalue weighted by Crippen LogP contribution is 2.26. The van der Waals surface area contributed by atoms with Crippen LogP contribution in [0.1, 0.15) is 5.56 Å². The highest BCUT2D eigenvalue weighted by Gasteiger charge is 2.31. The van der Waals surface area contributed by atoms with Gasteiger partial charge in [-0.1, -0.05) is 0 Å². The van der Waals surface area contributed by atoms with Crippen molar-refractivity contribution in [3.05, 3.63) is 58.1 Å². The molecule has 1 amide bonds. The van der Waals surface area contributed by atoms with Crippen LogP contribution in [0.3, 0.4) is 0 Å². The predicted molar refractivity (Wildman–Crippen MR) is 108 cm³/mol. The second-order valence-electron chi connectivity index (χ2n) is 6.95. The average molecular weight is 449 g/mol. The summed E-state index contributed by atoms with van der Waals surface area (Å²) in [5.74, 6) is -0.703. The van der Waals surface area contributed by atoms with Crippen molar-refractivity contribution in [3.8, 4) is 11.8 Å². The molecule has 0 aromatic heterocycles. The number of ether oxygens (including phenoxy) is 1. The standard InChI is InChI=1S/C20H18F3N5O4/c21-20(22,23)32-17-4-1-15(2-5-17)25-19(29)13-26-7-9-27(10-8-26)18-6-3-16(28(30)31)11-14(18)12-24/h1-6,11H,7-10,13H2,(H,25,29). The van der Waals surface area contributed by atoms with Crippen molar-refractivity contribution in [2.45, 2.75) is 6.36 Å². The summed E-state index contributed by atoms with van der Waals surface area (Å²) in [7, 11) is 0. The van der Waals surface area contributed by atoms with E-state index < -0.39 is 11.3 Å². The smallest absolute Gasteiger partial charge is 0.406 e. The third kappa shape index (κ3) is 6.08. The molecule has 168 valence electrons. The highest BCUT2D eigenvalue weighted by atomic mass is 19.4. The van der Waals surface area contributed by atoms with Crippen LogP contribution < -0.4 is 15.0 Å². The number of nitro benzene ring substituents is 1. The summed E-state index contributed by atoms with van der Waals surface area (Å²) in [6, 6.07) is 11.0. The Morgan fingerprint density at radius 1 is 1.16 bits per heavy atom. The number of carbonyl (C=O) groups is 1. The summed E-state index contributed by atoms with van der Waals surface area (Å²) in [5.41, 5.74) is 0.998. The minimum Gasteiger partial charge on any atom is -0.406 e. The number of benzene rings is 2. The van der Waals surface area contributed by atoms with Crippen molar-refractivity contribution in [2.24, 2.45) is 0 Å². The van der Waals surface area contributed by atoms with E-state index in [0.29, 0.717) is 37.6 Å². The van der Waals surface area contributed by atoms with Gasteiger partial charge in [0, 0.05) is 44.0 Å². The van der Waals surface area contributed by atoms with Crippen molar-refractivity contribution < 1.29 is 27.6 Å². The molecule has 2 aromatic rings. The lowest BCUT2D eigenvalue weighted by Crippen LogP contribution is -2.48. The summed E-state index contributed by atoms with van der Waals surface area (Å²) < 4.78 is 40.4. The first-order valence-corrected chi connectivity index (χ1v) is 9.46. The Morgan fingerprint density at radius 2 is 1.81 bits per heavy atom. The fraction of sp³-hybridized carbons (Fsp3) is 0.300. The number of halogens is 3. The Labute approximate surface area is 180 Å². The van der Waals surface area contributed by atoms with Gasteiger partial charge in [0.05, 0.1) is 22.7 Å². The first-order chi connectivity index (χ1) is 15.1. The van der Waals surface area contributed by atoms with Gasteiger partial charge in [0.2, 0.25) is 5.91 Å². The van der Waals surface area contributed by atoms with Gasteiger partial charge in [0.25, 0.3) is 5.69 Å². The summed E-state index contributed by atoms with van der Waals surface area (Å²) >= 11 is 0. The topological polar surface area (TPSA) is 112 Å². The van der Waals surface area contributed by atoms with Gasteiger partial charge in [0.1, 0.15) is 11.8 Å². The van der Waals surface area contributed by atoms with E-state index in [1.807, 2.05) is 15.9 Å². The van der Waals surface area contributed by atoms with Crippen LogP contribution in [-0.2, 0) is 4.79 Å². The van der Waals surface area contributed by atoms with Gasteiger partial charge in [-0.25, -0.2) is 0 Å². The zero-order chi connectivity index (χ0) is 23.3. The first kappa shape index (κ1) is 22.8. The van der Waals surface area contributed by atoms with E-state index in [1.54, 1.807) is 6.07 Å². The molecule has 1 heterocycles. The van der Waals surface area contributed by atoms with Crippen LogP contribution in [0, 0.1) is 21.4 Å². The minimum absolute atomic E-state index is 0.0833. The molecule has 1 aliphatic rings. The molecule has 0 spiro atoms. The molecule has 2 aromatic carbocycles. The number of piperazine rings is 1. The Bertz CT molecular complexity index is 1030. The molecule has 0 bridgehead atoms. The number of alkyl halides is 3. The Morgan fingerprint density at radius 3 is 2.38 bits per heavy atom. The third-order valence-electron chi connectivity index (χ3n) is 4.76. The predicted octanol–water partition coefficient (Wildman–Crippen LogP) is 3.13. The number of non-ortho nitro benzene ring substituents is 1. The molecule has 1 fully saturated rings. The van der Waals surface area contributed by atoms with Gasteiger partial charge in [-0.2, -0.15) is 5.26 Å². The molecule has 12 heteroatoms. The summed E-state index contributed by atoms with van der Waals surface area (Å²) in [6.45, 7) is 2.16. The van der Waals surface area contributed by atoms with Crippen molar-refractivity contribution in [2.75, 3.05) is 42.9 Å². The van der Waals surface area contributed by atoms with Crippen molar-refractivity contribution in [3.63, 3.8) is 0 Å². The van der Waals surface area contributed by atoms with Crippen molar-refractivity contribution in [1.29, 1.82) is 5.26 Å². The Balaban J connectivity index is 1.51. The monoisotopic (exact) mass is 449 g/mol. The number of nitrogens with one attached hydrogen (secondary N) is 1. The van der Waals surface area contributed by atoms with E-state index in [1.165, 1.54) is 24.3 Å². The summed E-state index contributed by atoms with van der Waals surface area (Å²) in [5, 5.41) is 22.8. The quantitative estimate of drug-likeness (QED) is 0.533. The van der Waals surface area contributed by atoms with Crippen LogP contribution in [-0.4, -0.2) is 54.8 Å². The van der Waals surface area contributed by atoms with Crippen LogP contribution in [0.2, 0.25) is 0 Å². The number of hydrogen-bond donors (Lipinski definition) is 1. The van der Waals surface area contributed by atoms with Crippen LogP contribution in [0.4, 0.5) is 30.2 Å². The van der Waals surface area contributed by atoms with E-state index in [9.17, 15) is 33.3 Å². The zero-order valence-corrected chi connectivity index (χ0v) is 16.6. The number of nitrogens with zero attached hydrogens (tertiary/aromatic N) is 4.